The average molecular weight is 334 g/mol. The van der Waals surface area contributed by atoms with E-state index in [4.69, 9.17) is 0 Å². The highest BCUT2D eigenvalue weighted by atomic mass is 16.2. The molecule has 0 spiro atoms. The summed E-state index contributed by atoms with van der Waals surface area (Å²) < 4.78 is 0. The molecule has 25 heavy (non-hydrogen) atoms. The van der Waals surface area contributed by atoms with Gasteiger partial charge in [0.05, 0.1) is 6.54 Å². The Balaban J connectivity index is 1.94. The summed E-state index contributed by atoms with van der Waals surface area (Å²) in [5.41, 5.74) is 4.19. The number of hydrogen-bond acceptors (Lipinski definition) is 2. The van der Waals surface area contributed by atoms with Crippen LogP contribution in [0.15, 0.2) is 42.5 Å². The van der Waals surface area contributed by atoms with Crippen molar-refractivity contribution in [2.45, 2.75) is 13.8 Å². The number of nitrogens with one attached hydrogen (secondary N) is 1. The van der Waals surface area contributed by atoms with Gasteiger partial charge in [0, 0.05) is 30.8 Å². The molecule has 0 fully saturated rings. The fraction of sp³-hybridized carbons (Fsp3) is 0.238. The lowest BCUT2D eigenvalue weighted by atomic mass is 10.1. The predicted octanol–water partition coefficient (Wildman–Crippen LogP) is 2.79. The van der Waals surface area contributed by atoms with Crippen LogP contribution < -0.4 is 5.32 Å². The molecule has 0 aliphatic rings. The van der Waals surface area contributed by atoms with Gasteiger partial charge in [-0.3, -0.25) is 9.59 Å². The number of amides is 2. The van der Waals surface area contributed by atoms with E-state index in [0.717, 1.165) is 16.7 Å². The summed E-state index contributed by atoms with van der Waals surface area (Å²) in [4.78, 5) is 25.5. The SMILES string of the molecule is Cc1cc(C)cc(C(=O)NCC#Cc2ccc(C(=O)N(C)C)cc2)c1. The first-order chi connectivity index (χ1) is 11.9. The van der Waals surface area contributed by atoms with Crippen LogP contribution in [0.25, 0.3) is 0 Å². The molecule has 0 aliphatic carbocycles. The quantitative estimate of drug-likeness (QED) is 0.878. The summed E-state index contributed by atoms with van der Waals surface area (Å²) in [7, 11) is 3.43. The lowest BCUT2D eigenvalue weighted by Crippen LogP contribution is -2.23. The van der Waals surface area contributed by atoms with Crippen molar-refractivity contribution in [2.24, 2.45) is 0 Å². The van der Waals surface area contributed by atoms with Gasteiger partial charge in [-0.15, -0.1) is 0 Å². The highest BCUT2D eigenvalue weighted by molar-refractivity contribution is 5.95. The second-order valence-electron chi connectivity index (χ2n) is 6.14. The van der Waals surface area contributed by atoms with E-state index in [1.807, 2.05) is 32.0 Å². The van der Waals surface area contributed by atoms with Gasteiger partial charge in [0.25, 0.3) is 11.8 Å². The number of hydrogen-bond donors (Lipinski definition) is 1. The summed E-state index contributed by atoms with van der Waals surface area (Å²) >= 11 is 0. The Kier molecular flexibility index (Phi) is 5.97. The zero-order valence-electron chi connectivity index (χ0n) is 15.0. The molecule has 2 rings (SSSR count). The van der Waals surface area contributed by atoms with Crippen molar-refractivity contribution in [2.75, 3.05) is 20.6 Å². The lowest BCUT2D eigenvalue weighted by molar-refractivity contribution is 0.0827. The van der Waals surface area contributed by atoms with Crippen LogP contribution in [0.1, 0.15) is 37.4 Å². The molecule has 0 heterocycles. The van der Waals surface area contributed by atoms with Crippen LogP contribution in [0, 0.1) is 25.7 Å². The monoisotopic (exact) mass is 334 g/mol. The van der Waals surface area contributed by atoms with E-state index < -0.39 is 0 Å². The fourth-order valence-electron chi connectivity index (χ4n) is 2.43. The van der Waals surface area contributed by atoms with Gasteiger partial charge < -0.3 is 10.2 Å². The van der Waals surface area contributed by atoms with Crippen LogP contribution in [-0.4, -0.2) is 37.4 Å². The van der Waals surface area contributed by atoms with E-state index in [9.17, 15) is 9.59 Å². The average Bonchev–Trinajstić information content (AvgIpc) is 2.57. The molecule has 128 valence electrons. The van der Waals surface area contributed by atoms with E-state index in [0.29, 0.717) is 11.1 Å². The Labute approximate surface area is 148 Å². The topological polar surface area (TPSA) is 49.4 Å². The molecule has 0 atom stereocenters. The molecule has 0 aliphatic heterocycles. The Morgan fingerprint density at radius 2 is 1.56 bits per heavy atom. The minimum Gasteiger partial charge on any atom is -0.345 e. The molecule has 0 bridgehead atoms. The van der Waals surface area contributed by atoms with Crippen molar-refractivity contribution in [3.05, 3.63) is 70.3 Å². The molecular weight excluding hydrogens is 312 g/mol. The number of nitrogens with zero attached hydrogens (tertiary/aromatic N) is 1. The van der Waals surface area contributed by atoms with Crippen LogP contribution >= 0.6 is 0 Å². The van der Waals surface area contributed by atoms with Crippen molar-refractivity contribution in [3.63, 3.8) is 0 Å². The van der Waals surface area contributed by atoms with E-state index in [-0.39, 0.29) is 18.4 Å². The Hall–Kier alpha value is -3.06. The van der Waals surface area contributed by atoms with Crippen LogP contribution in [0.3, 0.4) is 0 Å². The van der Waals surface area contributed by atoms with E-state index in [1.54, 1.807) is 38.4 Å². The van der Waals surface area contributed by atoms with Gasteiger partial charge in [-0.25, -0.2) is 0 Å². The van der Waals surface area contributed by atoms with Crippen LogP contribution in [0.4, 0.5) is 0 Å². The van der Waals surface area contributed by atoms with Crippen LogP contribution in [0.2, 0.25) is 0 Å². The van der Waals surface area contributed by atoms with Crippen LogP contribution in [0.5, 0.6) is 0 Å². The summed E-state index contributed by atoms with van der Waals surface area (Å²) in [6.07, 6.45) is 0. The number of carbonyl (C=O) groups is 2. The maximum atomic E-state index is 12.1. The molecule has 2 aromatic carbocycles. The first kappa shape index (κ1) is 18.3. The molecule has 0 aromatic heterocycles. The Morgan fingerprint density at radius 1 is 0.960 bits per heavy atom. The largest absolute Gasteiger partial charge is 0.345 e. The van der Waals surface area contributed by atoms with Gasteiger partial charge in [0.2, 0.25) is 0 Å². The zero-order valence-corrected chi connectivity index (χ0v) is 15.0. The first-order valence-electron chi connectivity index (χ1n) is 8.04. The minimum absolute atomic E-state index is 0.0415. The molecule has 2 aromatic rings. The summed E-state index contributed by atoms with van der Waals surface area (Å²) in [5, 5.41) is 2.79. The van der Waals surface area contributed by atoms with Gasteiger partial charge in [0.15, 0.2) is 0 Å². The van der Waals surface area contributed by atoms with Crippen molar-refractivity contribution < 1.29 is 9.59 Å². The smallest absolute Gasteiger partial charge is 0.253 e. The second-order valence-corrected chi connectivity index (χ2v) is 6.14. The summed E-state index contributed by atoms with van der Waals surface area (Å²) in [6, 6.07) is 12.8. The first-order valence-corrected chi connectivity index (χ1v) is 8.04. The molecule has 0 radical (unpaired) electrons. The highest BCUT2D eigenvalue weighted by Crippen LogP contribution is 2.08. The minimum atomic E-state index is -0.131. The van der Waals surface area contributed by atoms with Gasteiger partial charge in [-0.1, -0.05) is 29.0 Å². The maximum absolute atomic E-state index is 12.1. The Bertz CT molecular complexity index is 820. The third kappa shape index (κ3) is 5.22. The predicted molar refractivity (Wildman–Crippen MR) is 99.6 cm³/mol. The molecule has 0 saturated carbocycles. The lowest BCUT2D eigenvalue weighted by Gasteiger charge is -2.09. The number of aryl methyl sites for hydroxylation is 2. The van der Waals surface area contributed by atoms with Crippen molar-refractivity contribution >= 4 is 11.8 Å². The summed E-state index contributed by atoms with van der Waals surface area (Å²) in [5.74, 6) is 5.73. The van der Waals surface area contributed by atoms with Gasteiger partial charge >= 0.3 is 0 Å². The molecule has 4 heteroatoms. The van der Waals surface area contributed by atoms with Gasteiger partial charge in [0.1, 0.15) is 0 Å². The van der Waals surface area contributed by atoms with Crippen molar-refractivity contribution in [3.8, 4) is 11.8 Å². The summed E-state index contributed by atoms with van der Waals surface area (Å²) in [6.45, 7) is 4.20. The maximum Gasteiger partial charge on any atom is 0.253 e. The zero-order chi connectivity index (χ0) is 18.4. The fourth-order valence-corrected chi connectivity index (χ4v) is 2.43. The highest BCUT2D eigenvalue weighted by Gasteiger charge is 2.07. The van der Waals surface area contributed by atoms with E-state index in [1.165, 1.54) is 4.90 Å². The van der Waals surface area contributed by atoms with E-state index in [2.05, 4.69) is 17.2 Å². The molecule has 4 nitrogen and oxygen atoms in total. The van der Waals surface area contributed by atoms with Gasteiger partial charge in [-0.05, 0) is 50.2 Å². The molecule has 0 unspecified atom stereocenters. The normalized spacial score (nSPS) is 9.76. The van der Waals surface area contributed by atoms with Crippen molar-refractivity contribution in [1.29, 1.82) is 0 Å². The number of benzene rings is 2. The molecule has 1 N–H and O–H groups in total. The standard InChI is InChI=1S/C21H22N2O2/c1-15-12-16(2)14-19(13-15)20(24)22-11-5-6-17-7-9-18(10-8-17)21(25)23(3)4/h7-10,12-14H,11H2,1-4H3,(H,22,24). The van der Waals surface area contributed by atoms with Crippen LogP contribution in [-0.2, 0) is 0 Å². The third-order valence-electron chi connectivity index (χ3n) is 3.59. The molecule has 2 amide bonds. The molecule has 0 saturated heterocycles. The molecular formula is C21H22N2O2. The number of rotatable bonds is 3. The Morgan fingerprint density at radius 3 is 2.12 bits per heavy atom. The van der Waals surface area contributed by atoms with Crippen molar-refractivity contribution in [1.82, 2.24) is 10.2 Å². The van der Waals surface area contributed by atoms with E-state index >= 15 is 0 Å². The van der Waals surface area contributed by atoms with Gasteiger partial charge in [-0.2, -0.15) is 0 Å². The second kappa shape index (κ2) is 8.16. The third-order valence-corrected chi connectivity index (χ3v) is 3.59. The number of carbonyl (C=O) groups excluding carboxylic acids is 2.